The van der Waals surface area contributed by atoms with Gasteiger partial charge in [-0.25, -0.2) is 0 Å². The Morgan fingerprint density at radius 3 is 3.00 bits per heavy atom. The molecule has 0 aliphatic heterocycles. The molecule has 21 heavy (non-hydrogen) atoms. The predicted molar refractivity (Wildman–Crippen MR) is 73.2 cm³/mol. The van der Waals surface area contributed by atoms with Crippen molar-refractivity contribution < 1.29 is 9.21 Å². The maximum absolute atomic E-state index is 12.0. The number of benzene rings is 1. The number of aromatic amines is 1. The van der Waals surface area contributed by atoms with E-state index in [-0.39, 0.29) is 5.95 Å². The van der Waals surface area contributed by atoms with Gasteiger partial charge in [0.2, 0.25) is 5.95 Å². The van der Waals surface area contributed by atoms with Crippen LogP contribution in [0.15, 0.2) is 47.1 Å². The molecule has 1 aromatic carbocycles. The summed E-state index contributed by atoms with van der Waals surface area (Å²) in [5.41, 5.74) is 0.771. The third kappa shape index (κ3) is 2.64. The number of anilines is 1. The third-order valence-electron chi connectivity index (χ3n) is 2.72. The van der Waals surface area contributed by atoms with Gasteiger partial charge < -0.3 is 4.42 Å². The summed E-state index contributed by atoms with van der Waals surface area (Å²) in [5, 5.41) is 17.9. The van der Waals surface area contributed by atoms with E-state index in [0.717, 1.165) is 0 Å². The molecule has 1 amide bonds. The van der Waals surface area contributed by atoms with Crippen molar-refractivity contribution in [2.24, 2.45) is 0 Å². The van der Waals surface area contributed by atoms with Gasteiger partial charge in [0.05, 0.1) is 17.9 Å². The van der Waals surface area contributed by atoms with E-state index in [2.05, 4.69) is 20.5 Å². The summed E-state index contributed by atoms with van der Waals surface area (Å²) in [7, 11) is 0. The Morgan fingerprint density at radius 2 is 2.24 bits per heavy atom. The van der Waals surface area contributed by atoms with Crippen LogP contribution < -0.4 is 5.32 Å². The molecule has 0 bridgehead atoms. The van der Waals surface area contributed by atoms with Crippen molar-refractivity contribution in [1.82, 2.24) is 15.2 Å². The smallest absolute Gasteiger partial charge is 0.258 e. The zero-order valence-corrected chi connectivity index (χ0v) is 10.7. The molecule has 0 saturated carbocycles. The van der Waals surface area contributed by atoms with E-state index < -0.39 is 5.91 Å². The highest BCUT2D eigenvalue weighted by molar-refractivity contribution is 6.03. The summed E-state index contributed by atoms with van der Waals surface area (Å²) in [6.45, 7) is 0. The highest BCUT2D eigenvalue weighted by Crippen LogP contribution is 2.16. The highest BCUT2D eigenvalue weighted by Gasteiger charge is 2.12. The molecular weight excluding hydrogens is 270 g/mol. The van der Waals surface area contributed by atoms with Gasteiger partial charge in [0.25, 0.3) is 5.91 Å². The molecule has 0 aliphatic carbocycles. The maximum Gasteiger partial charge on any atom is 0.258 e. The van der Waals surface area contributed by atoms with Crippen molar-refractivity contribution in [3.05, 3.63) is 53.8 Å². The minimum absolute atomic E-state index is 0.133. The summed E-state index contributed by atoms with van der Waals surface area (Å²) in [5.74, 6) is 0.682. The summed E-state index contributed by atoms with van der Waals surface area (Å²) >= 11 is 0. The van der Waals surface area contributed by atoms with Crippen LogP contribution >= 0.6 is 0 Å². The van der Waals surface area contributed by atoms with Crippen molar-refractivity contribution in [2.45, 2.75) is 0 Å². The number of furan rings is 1. The van der Waals surface area contributed by atoms with E-state index in [0.29, 0.717) is 22.7 Å². The fraction of sp³-hybridized carbons (Fsp3) is 0. The maximum atomic E-state index is 12.0. The normalized spacial score (nSPS) is 10.0. The topological polar surface area (TPSA) is 108 Å². The largest absolute Gasteiger partial charge is 0.461 e. The molecule has 0 fully saturated rings. The highest BCUT2D eigenvalue weighted by atomic mass is 16.3. The fourth-order valence-electron chi connectivity index (χ4n) is 1.74. The van der Waals surface area contributed by atoms with E-state index in [1.807, 2.05) is 6.07 Å². The molecule has 0 unspecified atom stereocenters. The van der Waals surface area contributed by atoms with Gasteiger partial charge in [-0.3, -0.25) is 15.2 Å². The van der Waals surface area contributed by atoms with Gasteiger partial charge in [-0.1, -0.05) is 6.07 Å². The molecule has 0 radical (unpaired) electrons. The Kier molecular flexibility index (Phi) is 3.19. The Hall–Kier alpha value is -3.40. The van der Waals surface area contributed by atoms with Gasteiger partial charge in [0, 0.05) is 5.56 Å². The zero-order chi connectivity index (χ0) is 14.7. The molecule has 3 rings (SSSR count). The fourth-order valence-corrected chi connectivity index (χ4v) is 1.74. The monoisotopic (exact) mass is 279 g/mol. The predicted octanol–water partition coefficient (Wildman–Crippen LogP) is 2.19. The van der Waals surface area contributed by atoms with Crippen LogP contribution in [0.1, 0.15) is 15.9 Å². The quantitative estimate of drug-likeness (QED) is 0.764. The molecule has 2 heterocycles. The number of hydrogen-bond donors (Lipinski definition) is 2. The summed E-state index contributed by atoms with van der Waals surface area (Å²) in [6, 6.07) is 11.8. The number of nitriles is 1. The van der Waals surface area contributed by atoms with Crippen molar-refractivity contribution in [3.63, 3.8) is 0 Å². The Balaban J connectivity index is 1.77. The number of H-pyrrole nitrogens is 1. The molecule has 102 valence electrons. The van der Waals surface area contributed by atoms with E-state index >= 15 is 0 Å². The number of carbonyl (C=O) groups excluding carboxylic acids is 1. The van der Waals surface area contributed by atoms with Crippen LogP contribution in [0, 0.1) is 11.3 Å². The molecule has 2 aromatic heterocycles. The van der Waals surface area contributed by atoms with Gasteiger partial charge in [-0.05, 0) is 30.3 Å². The minimum atomic E-state index is -0.392. The lowest BCUT2D eigenvalue weighted by molar-refractivity contribution is 0.102. The Bertz CT molecular complexity index is 814. The van der Waals surface area contributed by atoms with Gasteiger partial charge in [-0.15, -0.1) is 5.10 Å². The number of aromatic nitrogens is 3. The number of carbonyl (C=O) groups is 1. The molecule has 3 aromatic rings. The van der Waals surface area contributed by atoms with Crippen molar-refractivity contribution in [2.75, 3.05) is 5.32 Å². The van der Waals surface area contributed by atoms with E-state index in [4.69, 9.17) is 9.68 Å². The number of nitrogens with zero attached hydrogens (tertiary/aromatic N) is 3. The number of nitrogens with one attached hydrogen (secondary N) is 2. The zero-order valence-electron chi connectivity index (χ0n) is 10.7. The number of amides is 1. The number of hydrogen-bond acceptors (Lipinski definition) is 5. The van der Waals surface area contributed by atoms with Crippen molar-refractivity contribution in [3.8, 4) is 17.7 Å². The first kappa shape index (κ1) is 12.6. The molecule has 7 heteroatoms. The van der Waals surface area contributed by atoms with Gasteiger partial charge in [0.1, 0.15) is 0 Å². The van der Waals surface area contributed by atoms with Crippen LogP contribution in [0.5, 0.6) is 0 Å². The van der Waals surface area contributed by atoms with Crippen LogP contribution in [-0.2, 0) is 0 Å². The van der Waals surface area contributed by atoms with Gasteiger partial charge in [-0.2, -0.15) is 10.2 Å². The molecule has 0 atom stereocenters. The van der Waals surface area contributed by atoms with Crippen molar-refractivity contribution in [1.29, 1.82) is 5.26 Å². The molecule has 0 aliphatic rings. The standard InChI is InChI=1S/C14H9N5O2/c15-8-9-3-1-4-10(7-9)13(20)17-14-16-12(18-19-14)11-5-2-6-21-11/h1-7H,(H2,16,17,18,19,20). The first-order valence-corrected chi connectivity index (χ1v) is 6.04. The van der Waals surface area contributed by atoms with Crippen LogP contribution in [-0.4, -0.2) is 21.1 Å². The van der Waals surface area contributed by atoms with Crippen LogP contribution in [0.3, 0.4) is 0 Å². The lowest BCUT2D eigenvalue weighted by Gasteiger charge is -2.00. The lowest BCUT2D eigenvalue weighted by Crippen LogP contribution is -2.13. The van der Waals surface area contributed by atoms with E-state index in [1.165, 1.54) is 12.3 Å². The molecule has 0 saturated heterocycles. The van der Waals surface area contributed by atoms with Crippen molar-refractivity contribution >= 4 is 11.9 Å². The van der Waals surface area contributed by atoms with Gasteiger partial charge >= 0.3 is 0 Å². The van der Waals surface area contributed by atoms with Crippen LogP contribution in [0.25, 0.3) is 11.6 Å². The SMILES string of the molecule is N#Cc1cccc(C(=O)Nc2n[nH]c(-c3ccco3)n2)c1. The first-order valence-electron chi connectivity index (χ1n) is 6.04. The van der Waals surface area contributed by atoms with E-state index in [1.54, 1.807) is 30.3 Å². The van der Waals surface area contributed by atoms with Crippen LogP contribution in [0.4, 0.5) is 5.95 Å². The second-order valence-corrected chi connectivity index (χ2v) is 4.13. The third-order valence-corrected chi connectivity index (χ3v) is 2.72. The molecule has 2 N–H and O–H groups in total. The minimum Gasteiger partial charge on any atom is -0.461 e. The van der Waals surface area contributed by atoms with Gasteiger partial charge in [0.15, 0.2) is 11.6 Å². The Labute approximate surface area is 119 Å². The second kappa shape index (κ2) is 5.30. The molecule has 0 spiro atoms. The first-order chi connectivity index (χ1) is 10.3. The lowest BCUT2D eigenvalue weighted by atomic mass is 10.1. The summed E-state index contributed by atoms with van der Waals surface area (Å²) in [4.78, 5) is 16.1. The summed E-state index contributed by atoms with van der Waals surface area (Å²) in [6.07, 6.45) is 1.52. The summed E-state index contributed by atoms with van der Waals surface area (Å²) < 4.78 is 5.17. The second-order valence-electron chi connectivity index (χ2n) is 4.13. The van der Waals surface area contributed by atoms with E-state index in [9.17, 15) is 4.79 Å². The van der Waals surface area contributed by atoms with Crippen LogP contribution in [0.2, 0.25) is 0 Å². The Morgan fingerprint density at radius 1 is 1.33 bits per heavy atom. The average Bonchev–Trinajstić information content (AvgIpc) is 3.18. The molecular formula is C14H9N5O2. The number of rotatable bonds is 3. The molecule has 7 nitrogen and oxygen atoms in total. The average molecular weight is 279 g/mol.